The fraction of sp³-hybridized carbons (Fsp3) is 0.191. The second kappa shape index (κ2) is 14.1. The Hall–Kier alpha value is -5.43. The average Bonchev–Trinajstić information content (AvgIpc) is 3.52. The molecule has 0 fully saturated rings. The largest absolute Gasteiger partial charge is 0.347 e. The number of hydrogen-bond acceptors (Lipinski definition) is 1. The highest BCUT2D eigenvalue weighted by molar-refractivity contribution is 6.31. The Morgan fingerprint density at radius 2 is 1.63 bits per heavy atom. The van der Waals surface area contributed by atoms with Crippen LogP contribution in [0.25, 0.3) is 15.6 Å². The number of fused-ring (bicyclic) bond motifs is 4. The summed E-state index contributed by atoms with van der Waals surface area (Å²) in [5.74, 6) is 0. The van der Waals surface area contributed by atoms with Gasteiger partial charge in [-0.15, -0.1) is 6.58 Å². The standard InChI is InChI=1S/C47H43ClN3/c1-6-30-46(2)40-32-38(49-3)24-26-41(40)50(4)43(46)27-22-37(48)23-28-44-47(33-35-17-11-8-12-18-35,31-29-34-15-9-7-10-16-34)45-39-20-14-13-19-36(39)21-25-42(45)51(44)5/h6-28,32H,1,29-31,33H2,2,4-5H3/q+1. The van der Waals surface area contributed by atoms with Crippen molar-refractivity contribution < 1.29 is 4.58 Å². The van der Waals surface area contributed by atoms with Crippen molar-refractivity contribution in [2.24, 2.45) is 0 Å². The third kappa shape index (κ3) is 6.15. The van der Waals surface area contributed by atoms with Crippen molar-refractivity contribution in [1.82, 2.24) is 0 Å². The third-order valence-corrected chi connectivity index (χ3v) is 11.2. The molecule has 0 N–H and O–H groups in total. The number of nitrogens with zero attached hydrogens (tertiary/aromatic N) is 3. The minimum absolute atomic E-state index is 0.301. The van der Waals surface area contributed by atoms with Crippen molar-refractivity contribution in [3.8, 4) is 0 Å². The molecule has 0 saturated carbocycles. The molecule has 7 rings (SSSR count). The van der Waals surface area contributed by atoms with Crippen LogP contribution in [0.2, 0.25) is 0 Å². The minimum Gasteiger partial charge on any atom is -0.347 e. The van der Waals surface area contributed by atoms with Gasteiger partial charge >= 0.3 is 0 Å². The number of likely N-dealkylation sites (N-methyl/N-ethyl adjacent to an activating group) is 1. The summed E-state index contributed by atoms with van der Waals surface area (Å²) in [6.45, 7) is 13.9. The summed E-state index contributed by atoms with van der Waals surface area (Å²) in [5, 5.41) is 3.20. The van der Waals surface area contributed by atoms with Gasteiger partial charge in [0, 0.05) is 46.6 Å². The number of anilines is 1. The average molecular weight is 685 g/mol. The summed E-state index contributed by atoms with van der Waals surface area (Å²) in [4.78, 5) is 5.92. The molecule has 2 aliphatic rings. The molecule has 2 atom stereocenters. The zero-order chi connectivity index (χ0) is 35.6. The zero-order valence-corrected chi connectivity index (χ0v) is 30.4. The summed E-state index contributed by atoms with van der Waals surface area (Å²) in [6.07, 6.45) is 13.9. The molecule has 2 unspecified atom stereocenters. The fourth-order valence-corrected chi connectivity index (χ4v) is 8.62. The number of rotatable bonds is 10. The first-order valence-electron chi connectivity index (χ1n) is 17.6. The molecule has 2 heterocycles. The van der Waals surface area contributed by atoms with Crippen LogP contribution in [0.15, 0.2) is 163 Å². The molecular formula is C47H43ClN3+. The molecule has 0 radical (unpaired) electrons. The van der Waals surface area contributed by atoms with Crippen LogP contribution in [0, 0.1) is 6.57 Å². The normalized spacial score (nSPS) is 20.6. The summed E-state index contributed by atoms with van der Waals surface area (Å²) < 4.78 is 2.38. The topological polar surface area (TPSA) is 10.6 Å². The van der Waals surface area contributed by atoms with E-state index in [0.29, 0.717) is 10.7 Å². The van der Waals surface area contributed by atoms with E-state index in [-0.39, 0.29) is 10.8 Å². The molecule has 0 aliphatic carbocycles. The van der Waals surface area contributed by atoms with E-state index in [2.05, 4.69) is 157 Å². The van der Waals surface area contributed by atoms with Crippen molar-refractivity contribution >= 4 is 45.1 Å². The minimum atomic E-state index is -0.324. The van der Waals surface area contributed by atoms with Gasteiger partial charge in [-0.3, -0.25) is 0 Å². The van der Waals surface area contributed by atoms with Gasteiger partial charge < -0.3 is 4.90 Å². The van der Waals surface area contributed by atoms with Crippen LogP contribution in [0.5, 0.6) is 0 Å². The quantitative estimate of drug-likeness (QED) is 0.0616. The number of halogens is 1. The maximum atomic E-state index is 7.59. The van der Waals surface area contributed by atoms with Gasteiger partial charge in [0.15, 0.2) is 11.4 Å². The second-order valence-electron chi connectivity index (χ2n) is 14.0. The zero-order valence-electron chi connectivity index (χ0n) is 29.6. The molecule has 51 heavy (non-hydrogen) atoms. The lowest BCUT2D eigenvalue weighted by Gasteiger charge is -2.29. The first-order chi connectivity index (χ1) is 24.8. The number of hydrogen-bond donors (Lipinski definition) is 0. The highest BCUT2D eigenvalue weighted by atomic mass is 35.5. The number of aryl methyl sites for hydroxylation is 1. The van der Waals surface area contributed by atoms with Gasteiger partial charge in [-0.05, 0) is 90.4 Å². The third-order valence-electron chi connectivity index (χ3n) is 11.0. The molecule has 5 aromatic rings. The molecule has 0 saturated heterocycles. The van der Waals surface area contributed by atoms with Crippen LogP contribution in [-0.4, -0.2) is 24.4 Å². The molecule has 252 valence electrons. The van der Waals surface area contributed by atoms with Gasteiger partial charge in [-0.25, -0.2) is 4.85 Å². The fourth-order valence-electron chi connectivity index (χ4n) is 8.50. The summed E-state index contributed by atoms with van der Waals surface area (Å²) in [7, 11) is 4.29. The first kappa shape index (κ1) is 34.0. The Labute approximate surface area is 307 Å². The molecule has 0 bridgehead atoms. The number of benzene rings is 5. The Bertz CT molecular complexity index is 2290. The highest BCUT2D eigenvalue weighted by Gasteiger charge is 2.51. The van der Waals surface area contributed by atoms with E-state index in [4.69, 9.17) is 18.2 Å². The Morgan fingerprint density at radius 1 is 0.922 bits per heavy atom. The van der Waals surface area contributed by atoms with Crippen molar-refractivity contribution in [2.45, 2.75) is 43.4 Å². The van der Waals surface area contributed by atoms with Crippen molar-refractivity contribution in [3.05, 3.63) is 197 Å². The van der Waals surface area contributed by atoms with Crippen LogP contribution >= 0.6 is 11.6 Å². The van der Waals surface area contributed by atoms with E-state index in [9.17, 15) is 0 Å². The Morgan fingerprint density at radius 3 is 2.35 bits per heavy atom. The molecule has 4 heteroatoms. The van der Waals surface area contributed by atoms with Crippen LogP contribution in [0.1, 0.15) is 42.0 Å². The molecule has 5 aromatic carbocycles. The molecule has 0 aromatic heterocycles. The van der Waals surface area contributed by atoms with Crippen molar-refractivity contribution in [3.63, 3.8) is 0 Å². The van der Waals surface area contributed by atoms with Crippen molar-refractivity contribution in [2.75, 3.05) is 19.0 Å². The van der Waals surface area contributed by atoms with Gasteiger partial charge in [0.2, 0.25) is 5.69 Å². The van der Waals surface area contributed by atoms with E-state index in [1.54, 1.807) is 0 Å². The van der Waals surface area contributed by atoms with Gasteiger partial charge in [0.05, 0.1) is 12.0 Å². The molecular weight excluding hydrogens is 642 g/mol. The van der Waals surface area contributed by atoms with Crippen LogP contribution in [0.3, 0.4) is 0 Å². The highest BCUT2D eigenvalue weighted by Crippen LogP contribution is 2.51. The smallest absolute Gasteiger partial charge is 0.210 e. The van der Waals surface area contributed by atoms with E-state index in [0.717, 1.165) is 42.6 Å². The lowest BCUT2D eigenvalue weighted by molar-refractivity contribution is -0.401. The Balaban J connectivity index is 1.33. The molecule has 3 nitrogen and oxygen atoms in total. The SMILES string of the molecule is [C-]#[N+]c1ccc2c(c1)C(C)(CC=C)\C(=C/C=C(Cl)/C=C/C1=[N+](C)c3ccc4ccccc4c3C1(CCc1ccccc1)Cc1ccccc1)N2C. The number of allylic oxidation sites excluding steroid dienone is 7. The summed E-state index contributed by atoms with van der Waals surface area (Å²) in [5.41, 5.74) is 9.90. The second-order valence-corrected chi connectivity index (χ2v) is 14.4. The van der Waals surface area contributed by atoms with E-state index < -0.39 is 0 Å². The van der Waals surface area contributed by atoms with Crippen LogP contribution < -0.4 is 4.90 Å². The maximum Gasteiger partial charge on any atom is 0.210 e. The van der Waals surface area contributed by atoms with Crippen LogP contribution in [0.4, 0.5) is 17.1 Å². The predicted molar refractivity (Wildman–Crippen MR) is 216 cm³/mol. The molecule has 0 amide bonds. The van der Waals surface area contributed by atoms with Gasteiger partial charge in [0.25, 0.3) is 0 Å². The lowest BCUT2D eigenvalue weighted by Crippen LogP contribution is -2.37. The predicted octanol–water partition coefficient (Wildman–Crippen LogP) is 11.8. The molecule has 2 aliphatic heterocycles. The van der Waals surface area contributed by atoms with E-state index in [1.807, 2.05) is 30.4 Å². The summed E-state index contributed by atoms with van der Waals surface area (Å²) in [6, 6.07) is 41.0. The van der Waals surface area contributed by atoms with E-state index >= 15 is 0 Å². The van der Waals surface area contributed by atoms with E-state index in [1.165, 1.54) is 38.9 Å². The Kier molecular flexibility index (Phi) is 9.38. The van der Waals surface area contributed by atoms with Crippen LogP contribution in [-0.2, 0) is 23.7 Å². The van der Waals surface area contributed by atoms with Gasteiger partial charge in [-0.1, -0.05) is 115 Å². The van der Waals surface area contributed by atoms with Gasteiger partial charge in [-0.2, -0.15) is 4.58 Å². The monoisotopic (exact) mass is 684 g/mol. The molecule has 0 spiro atoms. The summed E-state index contributed by atoms with van der Waals surface area (Å²) >= 11 is 7.11. The first-order valence-corrected chi connectivity index (χ1v) is 18.0. The maximum absolute atomic E-state index is 7.59. The lowest BCUT2D eigenvalue weighted by atomic mass is 9.68. The van der Waals surface area contributed by atoms with Gasteiger partial charge in [0.1, 0.15) is 7.05 Å². The van der Waals surface area contributed by atoms with Crippen molar-refractivity contribution in [1.29, 1.82) is 0 Å².